The molecular formula is C8H12F3N3O. The van der Waals surface area contributed by atoms with Crippen molar-refractivity contribution in [3.05, 3.63) is 11.7 Å². The molecule has 1 aromatic heterocycles. The molecule has 0 spiro atoms. The topological polar surface area (TPSA) is 64.9 Å². The first-order valence-corrected chi connectivity index (χ1v) is 4.49. The van der Waals surface area contributed by atoms with Gasteiger partial charge in [-0.3, -0.25) is 0 Å². The predicted molar refractivity (Wildman–Crippen MR) is 46.0 cm³/mol. The van der Waals surface area contributed by atoms with Gasteiger partial charge in [-0.15, -0.1) is 0 Å². The quantitative estimate of drug-likeness (QED) is 0.835. The summed E-state index contributed by atoms with van der Waals surface area (Å²) in [4.78, 5) is 3.63. The van der Waals surface area contributed by atoms with E-state index in [4.69, 9.17) is 5.73 Å². The summed E-state index contributed by atoms with van der Waals surface area (Å²) in [6, 6.07) is 0. The van der Waals surface area contributed by atoms with Gasteiger partial charge >= 0.3 is 6.18 Å². The Labute approximate surface area is 84.6 Å². The van der Waals surface area contributed by atoms with Crippen LogP contribution in [-0.4, -0.2) is 22.9 Å². The summed E-state index contributed by atoms with van der Waals surface area (Å²) in [5.74, 6) is -0.0156. The van der Waals surface area contributed by atoms with E-state index in [0.717, 1.165) is 0 Å². The molecule has 0 radical (unpaired) electrons. The van der Waals surface area contributed by atoms with Crippen LogP contribution in [0.1, 0.15) is 18.6 Å². The lowest BCUT2D eigenvalue weighted by molar-refractivity contribution is -0.128. The monoisotopic (exact) mass is 223 g/mol. The molecular weight excluding hydrogens is 211 g/mol. The maximum atomic E-state index is 11.9. The minimum absolute atomic E-state index is 0.115. The van der Waals surface area contributed by atoms with Crippen LogP contribution < -0.4 is 5.73 Å². The maximum absolute atomic E-state index is 11.9. The fraction of sp³-hybridized carbons (Fsp3) is 0.750. The molecule has 0 aliphatic heterocycles. The summed E-state index contributed by atoms with van der Waals surface area (Å²) in [6.45, 7) is 2.28. The molecule has 0 saturated heterocycles. The normalized spacial score (nSPS) is 14.2. The number of hydrogen-bond donors (Lipinski definition) is 1. The lowest BCUT2D eigenvalue weighted by Gasteiger charge is -2.02. The molecule has 0 aromatic carbocycles. The first-order valence-electron chi connectivity index (χ1n) is 4.49. The Kier molecular flexibility index (Phi) is 3.67. The van der Waals surface area contributed by atoms with Crippen LogP contribution in [0.2, 0.25) is 0 Å². The summed E-state index contributed by atoms with van der Waals surface area (Å²) in [6.07, 6.45) is -5.06. The van der Waals surface area contributed by atoms with Crippen LogP contribution in [0.5, 0.6) is 0 Å². The molecule has 0 aliphatic rings. The molecule has 0 fully saturated rings. The van der Waals surface area contributed by atoms with Crippen molar-refractivity contribution in [2.45, 2.75) is 25.9 Å². The van der Waals surface area contributed by atoms with Gasteiger partial charge in [0.2, 0.25) is 5.89 Å². The molecule has 15 heavy (non-hydrogen) atoms. The van der Waals surface area contributed by atoms with Crippen molar-refractivity contribution in [3.8, 4) is 0 Å². The van der Waals surface area contributed by atoms with Crippen molar-refractivity contribution >= 4 is 0 Å². The molecule has 7 heteroatoms. The summed E-state index contributed by atoms with van der Waals surface area (Å²) < 4.78 is 40.5. The van der Waals surface area contributed by atoms with Crippen molar-refractivity contribution in [1.82, 2.24) is 10.1 Å². The Morgan fingerprint density at radius 1 is 1.47 bits per heavy atom. The third kappa shape index (κ3) is 4.28. The van der Waals surface area contributed by atoms with Gasteiger partial charge in [-0.05, 0) is 12.5 Å². The molecule has 0 bridgehead atoms. The van der Waals surface area contributed by atoms with Crippen LogP contribution in [-0.2, 0) is 12.8 Å². The molecule has 0 saturated carbocycles. The van der Waals surface area contributed by atoms with Gasteiger partial charge in [0, 0.05) is 6.42 Å². The number of aromatic nitrogens is 2. The Hall–Kier alpha value is -1.11. The minimum atomic E-state index is -4.30. The molecule has 1 heterocycles. The van der Waals surface area contributed by atoms with Gasteiger partial charge in [0.15, 0.2) is 5.82 Å². The number of alkyl halides is 3. The van der Waals surface area contributed by atoms with Crippen molar-refractivity contribution in [3.63, 3.8) is 0 Å². The predicted octanol–water partition coefficient (Wildman–Crippen LogP) is 1.31. The molecule has 2 N–H and O–H groups in total. The van der Waals surface area contributed by atoms with Crippen LogP contribution in [0.15, 0.2) is 4.52 Å². The molecule has 4 nitrogen and oxygen atoms in total. The lowest BCUT2D eigenvalue weighted by Crippen LogP contribution is -2.14. The van der Waals surface area contributed by atoms with Crippen LogP contribution in [0.3, 0.4) is 0 Å². The third-order valence-electron chi connectivity index (χ3n) is 1.79. The van der Waals surface area contributed by atoms with Crippen LogP contribution in [0.4, 0.5) is 13.2 Å². The molecule has 1 atom stereocenters. The molecule has 1 aromatic rings. The first kappa shape index (κ1) is 12.0. The number of halogens is 3. The number of nitrogens with zero attached hydrogens (tertiary/aromatic N) is 2. The minimum Gasteiger partial charge on any atom is -0.339 e. The van der Waals surface area contributed by atoms with Gasteiger partial charge in [-0.25, -0.2) is 0 Å². The van der Waals surface area contributed by atoms with E-state index in [-0.39, 0.29) is 17.6 Å². The van der Waals surface area contributed by atoms with E-state index in [1.807, 2.05) is 6.92 Å². The zero-order valence-electron chi connectivity index (χ0n) is 8.21. The summed E-state index contributed by atoms with van der Waals surface area (Å²) in [5.41, 5.74) is 5.36. The Morgan fingerprint density at radius 2 is 2.13 bits per heavy atom. The fourth-order valence-corrected chi connectivity index (χ4v) is 1.01. The van der Waals surface area contributed by atoms with E-state index in [9.17, 15) is 13.2 Å². The van der Waals surface area contributed by atoms with Gasteiger partial charge in [-0.1, -0.05) is 12.1 Å². The highest BCUT2D eigenvalue weighted by molar-refractivity contribution is 4.89. The SMILES string of the molecule is CC(CN)Cc1nc(CC(F)(F)F)no1. The van der Waals surface area contributed by atoms with Crippen molar-refractivity contribution in [1.29, 1.82) is 0 Å². The van der Waals surface area contributed by atoms with E-state index in [1.165, 1.54) is 0 Å². The Balaban J connectivity index is 2.56. The standard InChI is InChI=1S/C8H12F3N3O/c1-5(4-12)2-7-13-6(14-15-7)3-8(9,10)11/h5H,2-4,12H2,1H3. The highest BCUT2D eigenvalue weighted by atomic mass is 19.4. The summed E-state index contributed by atoms with van der Waals surface area (Å²) >= 11 is 0. The molecule has 86 valence electrons. The van der Waals surface area contributed by atoms with Gasteiger partial charge in [0.05, 0.1) is 0 Å². The van der Waals surface area contributed by atoms with Gasteiger partial charge in [0.25, 0.3) is 0 Å². The molecule has 1 unspecified atom stereocenters. The van der Waals surface area contributed by atoms with E-state index in [0.29, 0.717) is 13.0 Å². The Morgan fingerprint density at radius 3 is 2.67 bits per heavy atom. The van der Waals surface area contributed by atoms with Crippen molar-refractivity contribution < 1.29 is 17.7 Å². The van der Waals surface area contributed by atoms with E-state index in [2.05, 4.69) is 14.7 Å². The summed E-state index contributed by atoms with van der Waals surface area (Å²) in [5, 5.41) is 3.24. The van der Waals surface area contributed by atoms with Crippen LogP contribution in [0.25, 0.3) is 0 Å². The first-order chi connectivity index (χ1) is 6.90. The second-order valence-electron chi connectivity index (χ2n) is 3.44. The molecule has 1 rings (SSSR count). The molecule has 0 aliphatic carbocycles. The smallest absolute Gasteiger partial charge is 0.339 e. The lowest BCUT2D eigenvalue weighted by atomic mass is 10.1. The number of hydrogen-bond acceptors (Lipinski definition) is 4. The van der Waals surface area contributed by atoms with Crippen LogP contribution in [0, 0.1) is 5.92 Å². The average Bonchev–Trinajstić information content (AvgIpc) is 2.49. The maximum Gasteiger partial charge on any atom is 0.396 e. The van der Waals surface area contributed by atoms with E-state index in [1.54, 1.807) is 0 Å². The zero-order valence-corrected chi connectivity index (χ0v) is 8.21. The van der Waals surface area contributed by atoms with Crippen molar-refractivity contribution in [2.24, 2.45) is 11.7 Å². The number of rotatable bonds is 4. The zero-order chi connectivity index (χ0) is 11.5. The van der Waals surface area contributed by atoms with Gasteiger partial charge in [0.1, 0.15) is 6.42 Å². The van der Waals surface area contributed by atoms with Crippen molar-refractivity contribution in [2.75, 3.05) is 6.54 Å². The van der Waals surface area contributed by atoms with E-state index >= 15 is 0 Å². The number of nitrogens with two attached hydrogens (primary N) is 1. The van der Waals surface area contributed by atoms with Gasteiger partial charge < -0.3 is 10.3 Å². The largest absolute Gasteiger partial charge is 0.396 e. The Bertz CT molecular complexity index is 310. The second kappa shape index (κ2) is 4.61. The van der Waals surface area contributed by atoms with Crippen LogP contribution >= 0.6 is 0 Å². The third-order valence-corrected chi connectivity index (χ3v) is 1.79. The fourth-order valence-electron chi connectivity index (χ4n) is 1.01. The second-order valence-corrected chi connectivity index (χ2v) is 3.44. The van der Waals surface area contributed by atoms with Gasteiger partial charge in [-0.2, -0.15) is 18.2 Å². The summed E-state index contributed by atoms with van der Waals surface area (Å²) in [7, 11) is 0. The highest BCUT2D eigenvalue weighted by Gasteiger charge is 2.30. The highest BCUT2D eigenvalue weighted by Crippen LogP contribution is 2.19. The average molecular weight is 223 g/mol. The van der Waals surface area contributed by atoms with E-state index < -0.39 is 12.6 Å². The molecule has 0 amide bonds.